The van der Waals surface area contributed by atoms with Gasteiger partial charge in [-0.3, -0.25) is 4.79 Å². The van der Waals surface area contributed by atoms with Crippen molar-refractivity contribution in [2.24, 2.45) is 0 Å². The van der Waals surface area contributed by atoms with Gasteiger partial charge in [-0.1, -0.05) is 12.1 Å². The van der Waals surface area contributed by atoms with E-state index in [9.17, 15) is 9.59 Å². The Kier molecular flexibility index (Phi) is 3.74. The summed E-state index contributed by atoms with van der Waals surface area (Å²) in [5, 5.41) is 11.0. The van der Waals surface area contributed by atoms with Crippen LogP contribution in [0.1, 0.15) is 27.6 Å². The molecule has 15 heavy (non-hydrogen) atoms. The second-order valence-electron chi connectivity index (χ2n) is 3.00. The highest BCUT2D eigenvalue weighted by Gasteiger charge is 2.15. The van der Waals surface area contributed by atoms with Crippen LogP contribution in [0.25, 0.3) is 0 Å². The number of rotatable bonds is 3. The van der Waals surface area contributed by atoms with Crippen LogP contribution in [0.4, 0.5) is 0 Å². The molecule has 2 N–H and O–H groups in total. The van der Waals surface area contributed by atoms with Crippen LogP contribution in [0.2, 0.25) is 0 Å². The standard InChI is InChI=1S/C10H11NO3S/c1-6(15)11-9(12)7-4-2-3-5-8(7)10(13)14/h2-6,15H,1H3,(H,11,12)(H,13,14). The van der Waals surface area contributed by atoms with Gasteiger partial charge in [-0.15, -0.1) is 0 Å². The Balaban J connectivity index is 3.03. The van der Waals surface area contributed by atoms with Crippen LogP contribution in [0.15, 0.2) is 24.3 Å². The molecule has 0 aliphatic heterocycles. The van der Waals surface area contributed by atoms with Crippen molar-refractivity contribution in [2.45, 2.75) is 12.3 Å². The molecular formula is C10H11NO3S. The number of hydrogen-bond donors (Lipinski definition) is 3. The third-order valence-electron chi connectivity index (χ3n) is 1.74. The first kappa shape index (κ1) is 11.6. The number of nitrogens with one attached hydrogen (secondary N) is 1. The summed E-state index contributed by atoms with van der Waals surface area (Å²) in [7, 11) is 0. The van der Waals surface area contributed by atoms with E-state index < -0.39 is 11.9 Å². The van der Waals surface area contributed by atoms with Crippen molar-refractivity contribution in [3.05, 3.63) is 35.4 Å². The molecule has 5 heteroatoms. The fourth-order valence-corrected chi connectivity index (χ4v) is 1.25. The van der Waals surface area contributed by atoms with Gasteiger partial charge < -0.3 is 10.4 Å². The SMILES string of the molecule is CC(S)NC(=O)c1ccccc1C(=O)O. The number of carbonyl (C=O) groups is 2. The summed E-state index contributed by atoms with van der Waals surface area (Å²) in [5.41, 5.74) is 0.134. The summed E-state index contributed by atoms with van der Waals surface area (Å²) >= 11 is 3.99. The number of carboxylic acid groups (broad SMARTS) is 1. The zero-order valence-electron chi connectivity index (χ0n) is 8.10. The Morgan fingerprint density at radius 1 is 1.33 bits per heavy atom. The summed E-state index contributed by atoms with van der Waals surface area (Å²) in [6.07, 6.45) is 0. The first-order valence-electron chi connectivity index (χ1n) is 4.33. The fraction of sp³-hybridized carbons (Fsp3) is 0.200. The van der Waals surface area contributed by atoms with Gasteiger partial charge in [0.1, 0.15) is 0 Å². The van der Waals surface area contributed by atoms with E-state index in [2.05, 4.69) is 17.9 Å². The molecule has 80 valence electrons. The second-order valence-corrected chi connectivity index (χ2v) is 3.77. The molecule has 0 heterocycles. The number of carbonyl (C=O) groups excluding carboxylic acids is 1. The Hall–Kier alpha value is -1.49. The second kappa shape index (κ2) is 4.84. The molecule has 0 spiro atoms. The summed E-state index contributed by atoms with van der Waals surface area (Å²) in [6.45, 7) is 1.68. The van der Waals surface area contributed by atoms with E-state index in [0.717, 1.165) is 0 Å². The monoisotopic (exact) mass is 225 g/mol. The van der Waals surface area contributed by atoms with Crippen LogP contribution in [-0.2, 0) is 0 Å². The molecule has 1 atom stereocenters. The van der Waals surface area contributed by atoms with Crippen LogP contribution >= 0.6 is 12.6 Å². The fourth-order valence-electron chi connectivity index (χ4n) is 1.14. The lowest BCUT2D eigenvalue weighted by molar-refractivity contribution is 0.0691. The summed E-state index contributed by atoms with van der Waals surface area (Å²) in [6, 6.07) is 6.05. The van der Waals surface area contributed by atoms with Gasteiger partial charge >= 0.3 is 5.97 Å². The number of aromatic carboxylic acids is 1. The largest absolute Gasteiger partial charge is 0.478 e. The van der Waals surface area contributed by atoms with Crippen LogP contribution in [0, 0.1) is 0 Å². The van der Waals surface area contributed by atoms with Gasteiger partial charge in [0, 0.05) is 0 Å². The van der Waals surface area contributed by atoms with Crippen LogP contribution in [-0.4, -0.2) is 22.4 Å². The smallest absolute Gasteiger partial charge is 0.336 e. The van der Waals surface area contributed by atoms with Crippen LogP contribution < -0.4 is 5.32 Å². The van der Waals surface area contributed by atoms with Crippen LogP contribution in [0.3, 0.4) is 0 Å². The van der Waals surface area contributed by atoms with Gasteiger partial charge in [-0.05, 0) is 19.1 Å². The highest BCUT2D eigenvalue weighted by molar-refractivity contribution is 7.80. The predicted octanol–water partition coefficient (Wildman–Crippen LogP) is 1.39. The van der Waals surface area contributed by atoms with Crippen molar-refractivity contribution in [1.82, 2.24) is 5.32 Å². The topological polar surface area (TPSA) is 66.4 Å². The van der Waals surface area contributed by atoms with Crippen molar-refractivity contribution >= 4 is 24.5 Å². The maximum atomic E-state index is 11.6. The zero-order valence-corrected chi connectivity index (χ0v) is 8.99. The Morgan fingerprint density at radius 3 is 2.33 bits per heavy atom. The molecule has 1 aromatic carbocycles. The number of amides is 1. The van der Waals surface area contributed by atoms with Gasteiger partial charge in [0.25, 0.3) is 5.91 Å². The lowest BCUT2D eigenvalue weighted by Gasteiger charge is -2.09. The molecule has 0 fully saturated rings. The molecule has 1 unspecified atom stereocenters. The number of benzene rings is 1. The molecular weight excluding hydrogens is 214 g/mol. The molecule has 4 nitrogen and oxygen atoms in total. The number of carboxylic acids is 1. The average Bonchev–Trinajstić information content (AvgIpc) is 2.16. The molecule has 1 amide bonds. The van der Waals surface area contributed by atoms with E-state index in [0.29, 0.717) is 0 Å². The summed E-state index contributed by atoms with van der Waals surface area (Å²) < 4.78 is 0. The Morgan fingerprint density at radius 2 is 1.87 bits per heavy atom. The zero-order chi connectivity index (χ0) is 11.4. The number of thiol groups is 1. The average molecular weight is 225 g/mol. The molecule has 0 saturated carbocycles. The summed E-state index contributed by atoms with van der Waals surface area (Å²) in [4.78, 5) is 22.4. The minimum atomic E-state index is -1.12. The Labute approximate surface area is 92.7 Å². The first-order valence-corrected chi connectivity index (χ1v) is 4.85. The Bertz CT molecular complexity index is 390. The summed E-state index contributed by atoms with van der Waals surface area (Å²) in [5.74, 6) is -1.55. The lowest BCUT2D eigenvalue weighted by atomic mass is 10.1. The maximum absolute atomic E-state index is 11.6. The van der Waals surface area contributed by atoms with Crippen molar-refractivity contribution < 1.29 is 14.7 Å². The third kappa shape index (κ3) is 2.99. The normalized spacial score (nSPS) is 11.9. The van der Waals surface area contributed by atoms with Crippen molar-refractivity contribution in [3.8, 4) is 0 Å². The molecule has 0 aliphatic carbocycles. The minimum Gasteiger partial charge on any atom is -0.478 e. The molecule has 0 radical (unpaired) electrons. The van der Waals surface area contributed by atoms with E-state index in [1.807, 2.05) is 0 Å². The van der Waals surface area contributed by atoms with E-state index in [4.69, 9.17) is 5.11 Å². The molecule has 0 bridgehead atoms. The quantitative estimate of drug-likeness (QED) is 0.538. The lowest BCUT2D eigenvalue weighted by Crippen LogP contribution is -2.29. The van der Waals surface area contributed by atoms with Gasteiger partial charge in [-0.25, -0.2) is 4.79 Å². The van der Waals surface area contributed by atoms with E-state index in [1.54, 1.807) is 19.1 Å². The van der Waals surface area contributed by atoms with Crippen molar-refractivity contribution in [3.63, 3.8) is 0 Å². The minimum absolute atomic E-state index is 0.0102. The maximum Gasteiger partial charge on any atom is 0.336 e. The van der Waals surface area contributed by atoms with Gasteiger partial charge in [0.15, 0.2) is 0 Å². The molecule has 0 aromatic heterocycles. The van der Waals surface area contributed by atoms with Gasteiger partial charge in [0.05, 0.1) is 16.5 Å². The highest BCUT2D eigenvalue weighted by Crippen LogP contribution is 2.09. The van der Waals surface area contributed by atoms with Gasteiger partial charge in [0.2, 0.25) is 0 Å². The molecule has 1 rings (SSSR count). The predicted molar refractivity (Wildman–Crippen MR) is 59.3 cm³/mol. The highest BCUT2D eigenvalue weighted by atomic mass is 32.1. The van der Waals surface area contributed by atoms with E-state index in [1.165, 1.54) is 12.1 Å². The first-order chi connectivity index (χ1) is 7.02. The van der Waals surface area contributed by atoms with Gasteiger partial charge in [-0.2, -0.15) is 12.6 Å². The molecule has 0 saturated heterocycles. The van der Waals surface area contributed by atoms with E-state index in [-0.39, 0.29) is 16.5 Å². The third-order valence-corrected chi connectivity index (χ3v) is 1.87. The van der Waals surface area contributed by atoms with Crippen molar-refractivity contribution in [2.75, 3.05) is 0 Å². The molecule has 0 aliphatic rings. The van der Waals surface area contributed by atoms with Crippen molar-refractivity contribution in [1.29, 1.82) is 0 Å². The molecule has 1 aromatic rings. The van der Waals surface area contributed by atoms with E-state index >= 15 is 0 Å². The van der Waals surface area contributed by atoms with Crippen LogP contribution in [0.5, 0.6) is 0 Å². The number of hydrogen-bond acceptors (Lipinski definition) is 3.